The van der Waals surface area contributed by atoms with E-state index in [-0.39, 0.29) is 37.5 Å². The normalized spacial score (nSPS) is 12.5. The van der Waals surface area contributed by atoms with Gasteiger partial charge in [-0.25, -0.2) is 0 Å². The standard InChI is InChI=1S/C59H104O6/c1-4-7-10-13-16-19-22-25-27-28-29-30-32-34-37-40-43-46-49-52-58(61)64-55-56(54-63-57(60)51-48-45-42-39-36-33-24-21-18-15-12-9-6-3)65-59(62)53-50-47-44-41-38-35-31-26-23-20-17-14-11-8-5-2/h9,12,15,18,21,24,33,36,39,42,56H,4-8,10-11,13-14,16-17,19-20,22-23,25-32,34-35,37-38,40-41,43-55H2,1-3H3/b12-9+,18-15+,24-21+,36-33+,42-39+. The van der Waals surface area contributed by atoms with Crippen LogP contribution < -0.4 is 0 Å². The first-order valence-corrected chi connectivity index (χ1v) is 27.9. The molecule has 0 aliphatic heterocycles. The van der Waals surface area contributed by atoms with Crippen LogP contribution in [0.2, 0.25) is 0 Å². The largest absolute Gasteiger partial charge is 0.462 e. The monoisotopic (exact) mass is 909 g/mol. The van der Waals surface area contributed by atoms with E-state index in [1.807, 2.05) is 54.7 Å². The summed E-state index contributed by atoms with van der Waals surface area (Å²) < 4.78 is 16.8. The quantitative estimate of drug-likeness (QED) is 0.0262. The van der Waals surface area contributed by atoms with Crippen molar-refractivity contribution in [1.29, 1.82) is 0 Å². The number of carbonyl (C=O) groups is 3. The Bertz CT molecular complexity index is 1180. The highest BCUT2D eigenvalue weighted by molar-refractivity contribution is 5.71. The zero-order valence-electron chi connectivity index (χ0n) is 43.0. The minimum atomic E-state index is -0.799. The summed E-state index contributed by atoms with van der Waals surface area (Å²) in [4.78, 5) is 38.0. The first kappa shape index (κ1) is 62.1. The summed E-state index contributed by atoms with van der Waals surface area (Å²) in [5.74, 6) is -0.957. The van der Waals surface area contributed by atoms with Crippen LogP contribution in [0.1, 0.15) is 278 Å². The molecule has 6 nitrogen and oxygen atoms in total. The molecular formula is C59H104O6. The van der Waals surface area contributed by atoms with Gasteiger partial charge in [0.15, 0.2) is 6.10 Å². The fourth-order valence-electron chi connectivity index (χ4n) is 8.00. The number of esters is 3. The molecule has 1 atom stereocenters. The summed E-state index contributed by atoms with van der Waals surface area (Å²) in [6, 6.07) is 0. The summed E-state index contributed by atoms with van der Waals surface area (Å²) in [6.07, 6.45) is 66.5. The van der Waals surface area contributed by atoms with E-state index in [1.54, 1.807) is 0 Å². The first-order chi connectivity index (χ1) is 32.0. The Morgan fingerprint density at radius 2 is 0.600 bits per heavy atom. The van der Waals surface area contributed by atoms with Crippen molar-refractivity contribution in [2.75, 3.05) is 13.2 Å². The Labute approximate surface area is 402 Å². The second-order valence-corrected chi connectivity index (χ2v) is 18.6. The fourth-order valence-corrected chi connectivity index (χ4v) is 8.00. The van der Waals surface area contributed by atoms with Crippen molar-refractivity contribution in [2.24, 2.45) is 0 Å². The Kier molecular flexibility index (Phi) is 51.3. The summed E-state index contributed by atoms with van der Waals surface area (Å²) >= 11 is 0. The zero-order chi connectivity index (χ0) is 47.2. The van der Waals surface area contributed by atoms with Gasteiger partial charge in [-0.15, -0.1) is 0 Å². The van der Waals surface area contributed by atoms with Gasteiger partial charge in [-0.2, -0.15) is 0 Å². The Balaban J connectivity index is 4.38. The molecule has 65 heavy (non-hydrogen) atoms. The van der Waals surface area contributed by atoms with E-state index in [0.717, 1.165) is 51.4 Å². The van der Waals surface area contributed by atoms with Gasteiger partial charge < -0.3 is 14.2 Å². The van der Waals surface area contributed by atoms with E-state index < -0.39 is 6.10 Å². The predicted molar refractivity (Wildman–Crippen MR) is 279 cm³/mol. The number of ether oxygens (including phenoxy) is 3. The highest BCUT2D eigenvalue weighted by atomic mass is 16.6. The summed E-state index contributed by atoms with van der Waals surface area (Å²) in [7, 11) is 0. The smallest absolute Gasteiger partial charge is 0.306 e. The lowest BCUT2D eigenvalue weighted by Gasteiger charge is -2.18. The lowest BCUT2D eigenvalue weighted by molar-refractivity contribution is -0.167. The number of allylic oxidation sites excluding steroid dienone is 10. The van der Waals surface area contributed by atoms with Gasteiger partial charge >= 0.3 is 17.9 Å². The molecule has 0 N–H and O–H groups in total. The third-order valence-electron chi connectivity index (χ3n) is 12.2. The number of hydrogen-bond donors (Lipinski definition) is 0. The average molecular weight is 909 g/mol. The van der Waals surface area contributed by atoms with Crippen LogP contribution in [0.15, 0.2) is 60.8 Å². The van der Waals surface area contributed by atoms with Gasteiger partial charge in [0.1, 0.15) is 13.2 Å². The van der Waals surface area contributed by atoms with Crippen LogP contribution in [0.3, 0.4) is 0 Å². The molecule has 0 radical (unpaired) electrons. The maximum atomic E-state index is 12.8. The molecule has 0 aliphatic rings. The molecule has 0 fully saturated rings. The van der Waals surface area contributed by atoms with Crippen molar-refractivity contribution in [2.45, 2.75) is 284 Å². The molecule has 0 saturated carbocycles. The SMILES string of the molecule is CC/C=C/C=C/C=C/C=C/C=C/CCCC(=O)OCC(COC(=O)CCCCCCCCCCCCCCCCCCCCC)OC(=O)CCCCCCCCCCCCCCCCC. The minimum Gasteiger partial charge on any atom is -0.462 e. The molecule has 0 bridgehead atoms. The summed E-state index contributed by atoms with van der Waals surface area (Å²) in [5.41, 5.74) is 0. The Morgan fingerprint density at radius 3 is 0.938 bits per heavy atom. The van der Waals surface area contributed by atoms with Crippen LogP contribution in [-0.2, 0) is 28.6 Å². The van der Waals surface area contributed by atoms with Crippen LogP contribution in [-0.4, -0.2) is 37.2 Å². The van der Waals surface area contributed by atoms with E-state index in [0.29, 0.717) is 19.3 Å². The molecule has 0 saturated heterocycles. The molecular weight excluding hydrogens is 805 g/mol. The zero-order valence-corrected chi connectivity index (χ0v) is 43.0. The van der Waals surface area contributed by atoms with Crippen molar-refractivity contribution in [3.05, 3.63) is 60.8 Å². The maximum absolute atomic E-state index is 12.8. The van der Waals surface area contributed by atoms with Gasteiger partial charge in [0.05, 0.1) is 0 Å². The second-order valence-electron chi connectivity index (χ2n) is 18.6. The van der Waals surface area contributed by atoms with Gasteiger partial charge in [-0.1, -0.05) is 287 Å². The minimum absolute atomic E-state index is 0.0927. The molecule has 0 aromatic rings. The molecule has 0 rings (SSSR count). The van der Waals surface area contributed by atoms with Gasteiger partial charge in [-0.3, -0.25) is 14.4 Å². The van der Waals surface area contributed by atoms with Crippen LogP contribution >= 0.6 is 0 Å². The highest BCUT2D eigenvalue weighted by Gasteiger charge is 2.19. The third kappa shape index (κ3) is 51.9. The van der Waals surface area contributed by atoms with E-state index in [1.165, 1.54) is 180 Å². The van der Waals surface area contributed by atoms with Crippen LogP contribution in [0.4, 0.5) is 0 Å². The van der Waals surface area contributed by atoms with Crippen molar-refractivity contribution in [1.82, 2.24) is 0 Å². The van der Waals surface area contributed by atoms with Crippen LogP contribution in [0.25, 0.3) is 0 Å². The molecule has 0 aliphatic carbocycles. The molecule has 376 valence electrons. The van der Waals surface area contributed by atoms with E-state index in [2.05, 4.69) is 26.8 Å². The summed E-state index contributed by atoms with van der Waals surface area (Å²) in [5, 5.41) is 0. The molecule has 0 amide bonds. The van der Waals surface area contributed by atoms with Crippen LogP contribution in [0, 0.1) is 0 Å². The molecule has 1 unspecified atom stereocenters. The lowest BCUT2D eigenvalue weighted by atomic mass is 10.0. The van der Waals surface area contributed by atoms with E-state index in [9.17, 15) is 14.4 Å². The number of carbonyl (C=O) groups excluding carboxylic acids is 3. The number of rotatable bonds is 50. The predicted octanol–water partition coefficient (Wildman–Crippen LogP) is 18.4. The number of hydrogen-bond acceptors (Lipinski definition) is 6. The maximum Gasteiger partial charge on any atom is 0.306 e. The van der Waals surface area contributed by atoms with Gasteiger partial charge in [-0.05, 0) is 32.1 Å². The molecule has 0 aromatic heterocycles. The van der Waals surface area contributed by atoms with Crippen LogP contribution in [0.5, 0.6) is 0 Å². The van der Waals surface area contributed by atoms with Crippen molar-refractivity contribution in [3.63, 3.8) is 0 Å². The van der Waals surface area contributed by atoms with Gasteiger partial charge in [0, 0.05) is 19.3 Å². The third-order valence-corrected chi connectivity index (χ3v) is 12.2. The van der Waals surface area contributed by atoms with Crippen molar-refractivity contribution < 1.29 is 28.6 Å². The Hall–Kier alpha value is -2.89. The number of unbranched alkanes of at least 4 members (excludes halogenated alkanes) is 33. The fraction of sp³-hybridized carbons (Fsp3) is 0.780. The molecule has 0 spiro atoms. The summed E-state index contributed by atoms with van der Waals surface area (Å²) in [6.45, 7) is 6.47. The second kappa shape index (κ2) is 53.7. The highest BCUT2D eigenvalue weighted by Crippen LogP contribution is 2.17. The topological polar surface area (TPSA) is 78.9 Å². The molecule has 0 heterocycles. The van der Waals surface area contributed by atoms with E-state index in [4.69, 9.17) is 14.2 Å². The van der Waals surface area contributed by atoms with Crippen molar-refractivity contribution in [3.8, 4) is 0 Å². The lowest BCUT2D eigenvalue weighted by Crippen LogP contribution is -2.30. The molecule has 0 aromatic carbocycles. The Morgan fingerprint density at radius 1 is 0.323 bits per heavy atom. The van der Waals surface area contributed by atoms with Gasteiger partial charge in [0.25, 0.3) is 0 Å². The first-order valence-electron chi connectivity index (χ1n) is 27.9. The molecule has 6 heteroatoms. The van der Waals surface area contributed by atoms with Crippen molar-refractivity contribution >= 4 is 17.9 Å². The average Bonchev–Trinajstić information content (AvgIpc) is 3.30. The van der Waals surface area contributed by atoms with E-state index >= 15 is 0 Å². The van der Waals surface area contributed by atoms with Gasteiger partial charge in [0.2, 0.25) is 0 Å².